The summed E-state index contributed by atoms with van der Waals surface area (Å²) >= 11 is 0. The van der Waals surface area contributed by atoms with Crippen molar-refractivity contribution in [3.05, 3.63) is 59.2 Å². The fourth-order valence-corrected chi connectivity index (χ4v) is 6.21. The third kappa shape index (κ3) is 7.88. The number of rotatable bonds is 7. The fraction of sp³-hybridized carbons (Fsp3) is 0.576. The molecule has 0 spiro atoms. The summed E-state index contributed by atoms with van der Waals surface area (Å²) in [6, 6.07) is 7.12. The number of halogens is 4. The number of nitrogens with one attached hydrogen (secondary N) is 1. The Balaban J connectivity index is 1.26. The van der Waals surface area contributed by atoms with Crippen molar-refractivity contribution in [3.63, 3.8) is 0 Å². The van der Waals surface area contributed by atoms with Crippen LogP contribution in [0.15, 0.2) is 36.4 Å². The second-order valence-corrected chi connectivity index (χ2v) is 13.0. The van der Waals surface area contributed by atoms with Crippen LogP contribution in [-0.2, 0) is 20.7 Å². The van der Waals surface area contributed by atoms with Crippen LogP contribution in [-0.4, -0.2) is 59.8 Å². The van der Waals surface area contributed by atoms with Gasteiger partial charge in [0.2, 0.25) is 5.91 Å². The van der Waals surface area contributed by atoms with Gasteiger partial charge in [0, 0.05) is 25.6 Å². The molecule has 10 heteroatoms. The van der Waals surface area contributed by atoms with Crippen molar-refractivity contribution in [2.75, 3.05) is 13.1 Å². The predicted octanol–water partition coefficient (Wildman–Crippen LogP) is 7.14. The molecule has 1 saturated heterocycles. The largest absolute Gasteiger partial charge is 0.444 e. The molecule has 2 saturated carbocycles. The minimum absolute atomic E-state index is 0.134. The highest BCUT2D eigenvalue weighted by Gasteiger charge is 2.49. The highest BCUT2D eigenvalue weighted by atomic mass is 19.3. The summed E-state index contributed by atoms with van der Waals surface area (Å²) in [5.74, 6) is -4.94. The van der Waals surface area contributed by atoms with Crippen LogP contribution in [0.3, 0.4) is 0 Å². The van der Waals surface area contributed by atoms with Crippen LogP contribution in [0.1, 0.15) is 82.8 Å². The van der Waals surface area contributed by atoms with E-state index in [4.69, 9.17) is 9.47 Å². The van der Waals surface area contributed by atoms with E-state index in [9.17, 15) is 18.4 Å². The average molecular weight is 605 g/mol. The smallest absolute Gasteiger partial charge is 0.410 e. The average Bonchev–Trinajstić information content (AvgIpc) is 3.75. The molecule has 1 heterocycles. The van der Waals surface area contributed by atoms with Crippen molar-refractivity contribution in [2.24, 2.45) is 0 Å². The molecular weight excluding hydrogens is 564 g/mol. The summed E-state index contributed by atoms with van der Waals surface area (Å²) < 4.78 is 70.1. The van der Waals surface area contributed by atoms with Gasteiger partial charge in [-0.05, 0) is 99.6 Å². The number of alkyl halides is 2. The molecule has 2 aromatic carbocycles. The number of ether oxygens (including phenoxy) is 2. The first-order valence-electron chi connectivity index (χ1n) is 15.2. The second kappa shape index (κ2) is 12.5. The summed E-state index contributed by atoms with van der Waals surface area (Å²) in [7, 11) is 0. The van der Waals surface area contributed by atoms with E-state index in [0.29, 0.717) is 49.0 Å². The SMILES string of the molecule is CC(C)(C)OC(=O)N1CCC(O[C@H]2CCCC(F)(F)[C@@H]2NC(=O)Cc2cccc(-c3cc(F)cc(F)c3)c2C2CC2)CC1. The van der Waals surface area contributed by atoms with Crippen LogP contribution in [0.2, 0.25) is 0 Å². The van der Waals surface area contributed by atoms with Crippen LogP contribution in [0, 0.1) is 11.6 Å². The highest BCUT2D eigenvalue weighted by Crippen LogP contribution is 2.46. The van der Waals surface area contributed by atoms with E-state index in [1.807, 2.05) is 0 Å². The van der Waals surface area contributed by atoms with Crippen LogP contribution < -0.4 is 5.32 Å². The lowest BCUT2D eigenvalue weighted by atomic mass is 9.87. The summed E-state index contributed by atoms with van der Waals surface area (Å²) in [4.78, 5) is 27.3. The topological polar surface area (TPSA) is 67.9 Å². The Kier molecular flexibility index (Phi) is 9.07. The van der Waals surface area contributed by atoms with Crippen molar-refractivity contribution in [1.29, 1.82) is 0 Å². The highest BCUT2D eigenvalue weighted by molar-refractivity contribution is 5.81. The number of carbonyl (C=O) groups excluding carboxylic acids is 2. The quantitative estimate of drug-likeness (QED) is 0.341. The van der Waals surface area contributed by atoms with Gasteiger partial charge in [0.05, 0.1) is 18.6 Å². The number of benzene rings is 2. The Morgan fingerprint density at radius 2 is 1.67 bits per heavy atom. The molecular formula is C33H40F4N2O4. The molecule has 1 N–H and O–H groups in total. The molecule has 2 atom stereocenters. The Bertz CT molecular complexity index is 1310. The molecule has 2 amide bonds. The lowest BCUT2D eigenvalue weighted by Gasteiger charge is -2.41. The van der Waals surface area contributed by atoms with Crippen molar-refractivity contribution in [3.8, 4) is 11.1 Å². The molecule has 2 aliphatic carbocycles. The first-order chi connectivity index (χ1) is 20.3. The van der Waals surface area contributed by atoms with Crippen molar-refractivity contribution in [2.45, 2.75) is 108 Å². The number of likely N-dealkylation sites (tertiary alicyclic amines) is 1. The van der Waals surface area contributed by atoms with Gasteiger partial charge in [-0.25, -0.2) is 22.4 Å². The van der Waals surface area contributed by atoms with E-state index in [1.54, 1.807) is 43.9 Å². The van der Waals surface area contributed by atoms with E-state index in [-0.39, 0.29) is 31.3 Å². The molecule has 43 heavy (non-hydrogen) atoms. The number of piperidine rings is 1. The van der Waals surface area contributed by atoms with E-state index >= 15 is 8.78 Å². The van der Waals surface area contributed by atoms with Crippen LogP contribution in [0.5, 0.6) is 0 Å². The minimum Gasteiger partial charge on any atom is -0.444 e. The van der Waals surface area contributed by atoms with Crippen molar-refractivity contribution >= 4 is 12.0 Å². The molecule has 3 aliphatic rings. The molecule has 0 unspecified atom stereocenters. The van der Waals surface area contributed by atoms with Gasteiger partial charge in [0.1, 0.15) is 23.3 Å². The molecule has 0 radical (unpaired) electrons. The molecule has 234 valence electrons. The monoisotopic (exact) mass is 604 g/mol. The van der Waals surface area contributed by atoms with Gasteiger partial charge in [-0.1, -0.05) is 18.2 Å². The number of carbonyl (C=O) groups is 2. The predicted molar refractivity (Wildman–Crippen MR) is 154 cm³/mol. The number of nitrogens with zero attached hydrogens (tertiary/aromatic N) is 1. The van der Waals surface area contributed by atoms with E-state index in [1.165, 1.54) is 12.1 Å². The Hall–Kier alpha value is -3.14. The van der Waals surface area contributed by atoms with E-state index in [0.717, 1.165) is 24.5 Å². The molecule has 2 aromatic rings. The standard InChI is InChI=1S/C33H40F4N2O4/c1-32(2,3)43-31(41)39-14-11-25(12-15-39)42-27-8-5-13-33(36,37)30(27)38-28(40)18-21-6-4-7-26(29(21)20-9-10-20)22-16-23(34)19-24(35)17-22/h4,6-7,16-17,19-20,25,27,30H,5,8-15,18H2,1-3H3,(H,38,40)/t27-,30+/m0/s1. The summed E-state index contributed by atoms with van der Waals surface area (Å²) in [5, 5.41) is 2.60. The first kappa shape index (κ1) is 31.3. The van der Waals surface area contributed by atoms with E-state index < -0.39 is 47.3 Å². The normalized spacial score (nSPS) is 22.7. The zero-order valence-electron chi connectivity index (χ0n) is 24.9. The first-order valence-corrected chi connectivity index (χ1v) is 15.2. The lowest BCUT2D eigenvalue weighted by molar-refractivity contribution is -0.156. The number of amides is 2. The van der Waals surface area contributed by atoms with Gasteiger partial charge in [-0.15, -0.1) is 0 Å². The third-order valence-corrected chi connectivity index (χ3v) is 8.31. The fourth-order valence-electron chi connectivity index (χ4n) is 6.21. The molecule has 3 fully saturated rings. The number of hydrogen-bond donors (Lipinski definition) is 1. The Morgan fingerprint density at radius 3 is 2.30 bits per heavy atom. The zero-order valence-corrected chi connectivity index (χ0v) is 24.9. The Labute approximate surface area is 250 Å². The lowest BCUT2D eigenvalue weighted by Crippen LogP contribution is -2.58. The van der Waals surface area contributed by atoms with Gasteiger partial charge in [-0.3, -0.25) is 4.79 Å². The van der Waals surface area contributed by atoms with Crippen molar-refractivity contribution in [1.82, 2.24) is 10.2 Å². The molecule has 0 aromatic heterocycles. The maximum atomic E-state index is 15.2. The number of hydrogen-bond acceptors (Lipinski definition) is 4. The minimum atomic E-state index is -3.14. The van der Waals surface area contributed by atoms with Gasteiger partial charge in [0.15, 0.2) is 0 Å². The maximum absolute atomic E-state index is 15.2. The van der Waals surface area contributed by atoms with Crippen LogP contribution >= 0.6 is 0 Å². The van der Waals surface area contributed by atoms with Crippen LogP contribution in [0.25, 0.3) is 11.1 Å². The maximum Gasteiger partial charge on any atom is 0.410 e. The van der Waals surface area contributed by atoms with Crippen LogP contribution in [0.4, 0.5) is 22.4 Å². The third-order valence-electron chi connectivity index (χ3n) is 8.31. The Morgan fingerprint density at radius 1 is 1.00 bits per heavy atom. The molecule has 0 bridgehead atoms. The molecule has 6 nitrogen and oxygen atoms in total. The van der Waals surface area contributed by atoms with Gasteiger partial charge in [0.25, 0.3) is 5.92 Å². The van der Waals surface area contributed by atoms with E-state index in [2.05, 4.69) is 5.32 Å². The summed E-state index contributed by atoms with van der Waals surface area (Å²) in [6.45, 7) is 6.19. The van der Waals surface area contributed by atoms with Crippen molar-refractivity contribution < 1.29 is 36.6 Å². The van der Waals surface area contributed by atoms with Gasteiger partial charge in [-0.2, -0.15) is 0 Å². The molecule has 1 aliphatic heterocycles. The molecule has 5 rings (SSSR count). The summed E-state index contributed by atoms with van der Waals surface area (Å²) in [5.41, 5.74) is 1.91. The van der Waals surface area contributed by atoms with Gasteiger partial charge < -0.3 is 19.7 Å². The summed E-state index contributed by atoms with van der Waals surface area (Å²) in [6.07, 6.45) is 1.34. The zero-order chi connectivity index (χ0) is 30.9. The van der Waals surface area contributed by atoms with Gasteiger partial charge >= 0.3 is 6.09 Å². The second-order valence-electron chi connectivity index (χ2n) is 13.0.